The molecule has 228 valence electrons. The molecule has 13 nitrogen and oxygen atoms in total. The molecular formula is C29H41N7O6. The van der Waals surface area contributed by atoms with Crippen LogP contribution in [0.2, 0.25) is 0 Å². The molecule has 1 saturated carbocycles. The Morgan fingerprint density at radius 3 is 2.00 bits per heavy atom. The molecule has 0 radical (unpaired) electrons. The smallest absolute Gasteiger partial charge is 0.328 e. The largest absolute Gasteiger partial charge is 0.478 e. The fourth-order valence-electron chi connectivity index (χ4n) is 4.73. The molecule has 1 aromatic carbocycles. The van der Waals surface area contributed by atoms with E-state index in [1.165, 1.54) is 5.69 Å². The van der Waals surface area contributed by atoms with E-state index in [0.29, 0.717) is 23.8 Å². The van der Waals surface area contributed by atoms with E-state index in [4.69, 9.17) is 20.9 Å². The van der Waals surface area contributed by atoms with E-state index < -0.39 is 17.8 Å². The van der Waals surface area contributed by atoms with Crippen LogP contribution in [0.1, 0.15) is 61.6 Å². The third kappa shape index (κ3) is 9.70. The van der Waals surface area contributed by atoms with E-state index in [1.54, 1.807) is 0 Å². The molecule has 0 spiro atoms. The number of rotatable bonds is 9. The second-order valence-corrected chi connectivity index (χ2v) is 10.8. The van der Waals surface area contributed by atoms with Crippen molar-refractivity contribution in [2.45, 2.75) is 57.6 Å². The van der Waals surface area contributed by atoms with Gasteiger partial charge in [0.25, 0.3) is 5.91 Å². The number of hydrogen-bond acceptors (Lipinski definition) is 10. The number of anilines is 4. The number of carbonyl (C=O) groups is 3. The summed E-state index contributed by atoms with van der Waals surface area (Å²) in [5, 5.41) is 32.2. The van der Waals surface area contributed by atoms with Crippen LogP contribution in [-0.4, -0.2) is 93.4 Å². The molecule has 0 atom stereocenters. The molecule has 1 aromatic heterocycles. The lowest BCUT2D eigenvalue weighted by Gasteiger charge is -2.34. The third-order valence-electron chi connectivity index (χ3n) is 7.11. The molecule has 2 aliphatic rings. The lowest BCUT2D eigenvalue weighted by atomic mass is 9.93. The van der Waals surface area contributed by atoms with E-state index >= 15 is 0 Å². The summed E-state index contributed by atoms with van der Waals surface area (Å²) in [6.07, 6.45) is 4.17. The normalized spacial score (nSPS) is 19.2. The number of carbonyl (C=O) groups excluding carboxylic acids is 1. The molecule has 1 aliphatic heterocycles. The summed E-state index contributed by atoms with van der Waals surface area (Å²) in [5.74, 6) is -2.04. The molecule has 2 heterocycles. The first-order valence-corrected chi connectivity index (χ1v) is 14.0. The van der Waals surface area contributed by atoms with Crippen LogP contribution in [0.3, 0.4) is 0 Å². The fraction of sp³-hybridized carbons (Fsp3) is 0.483. The highest BCUT2D eigenvalue weighted by Crippen LogP contribution is 2.30. The Bertz CT molecular complexity index is 1240. The van der Waals surface area contributed by atoms with Gasteiger partial charge in [0.1, 0.15) is 0 Å². The van der Waals surface area contributed by atoms with Crippen molar-refractivity contribution in [3.63, 3.8) is 0 Å². The van der Waals surface area contributed by atoms with Gasteiger partial charge in [0.05, 0.1) is 11.8 Å². The molecule has 0 unspecified atom stereocenters. The fourth-order valence-corrected chi connectivity index (χ4v) is 4.73. The average molecular weight is 584 g/mol. The maximum atomic E-state index is 12.2. The van der Waals surface area contributed by atoms with Gasteiger partial charge in [-0.05, 0) is 62.9 Å². The Balaban J connectivity index is 0.000000531. The molecule has 0 bridgehead atoms. The van der Waals surface area contributed by atoms with Crippen LogP contribution in [0.15, 0.2) is 36.4 Å². The summed E-state index contributed by atoms with van der Waals surface area (Å²) in [6.45, 7) is 8.16. The minimum absolute atomic E-state index is 0.0687. The molecule has 13 heteroatoms. The summed E-state index contributed by atoms with van der Waals surface area (Å²) in [5.41, 5.74) is 8.53. The van der Waals surface area contributed by atoms with Crippen molar-refractivity contribution in [1.29, 1.82) is 0 Å². The summed E-state index contributed by atoms with van der Waals surface area (Å²) in [6, 6.07) is 8.36. The topological polar surface area (TPSA) is 194 Å². The van der Waals surface area contributed by atoms with Crippen LogP contribution in [0, 0.1) is 0 Å². The molecule has 4 rings (SSSR count). The number of primary amides is 1. The number of piperazine rings is 1. The van der Waals surface area contributed by atoms with Crippen molar-refractivity contribution >= 4 is 40.9 Å². The number of nitrogens with zero attached hydrogens (tertiary/aromatic N) is 4. The predicted molar refractivity (Wildman–Crippen MR) is 160 cm³/mol. The van der Waals surface area contributed by atoms with E-state index in [1.807, 2.05) is 26.0 Å². The molecule has 1 amide bonds. The Morgan fingerprint density at radius 1 is 0.929 bits per heavy atom. The Morgan fingerprint density at radius 2 is 1.50 bits per heavy atom. The van der Waals surface area contributed by atoms with E-state index in [2.05, 4.69) is 44.6 Å². The van der Waals surface area contributed by atoms with Crippen LogP contribution >= 0.6 is 0 Å². The monoisotopic (exact) mass is 583 g/mol. The standard InChI is InChI=1S/C25H37N7O2.C4H4O4/c1-16(2)21-24(27-18-6-10-20(33)11-7-18)30-25(22(29-21)23(26)34)28-17-4-8-19(9-5-17)32-14-12-31(3)13-15-32;5-3(6)1-2-4(7)8/h4-5,8-9,16,18,20,33H,6-7,10-15H2,1-3H3,(H2,26,34)(H2,27,28,30);1-2H,(H,5,6)(H,7,8)/b;2-1+. The van der Waals surface area contributed by atoms with Crippen LogP contribution in [0.5, 0.6) is 0 Å². The maximum absolute atomic E-state index is 12.2. The third-order valence-corrected chi connectivity index (χ3v) is 7.11. The first-order valence-electron chi connectivity index (χ1n) is 14.0. The van der Waals surface area contributed by atoms with Gasteiger partial charge in [0, 0.05) is 55.7 Å². The quantitative estimate of drug-likeness (QED) is 0.237. The second-order valence-electron chi connectivity index (χ2n) is 10.8. The minimum Gasteiger partial charge on any atom is -0.478 e. The van der Waals surface area contributed by atoms with Crippen molar-refractivity contribution in [3.05, 3.63) is 47.8 Å². The SMILES string of the molecule is CC(C)c1nc(C(N)=O)c(Nc2ccc(N3CCN(C)CC3)cc2)nc1NC1CCC(O)CC1.O=C(O)/C=C/C(=O)O. The van der Waals surface area contributed by atoms with Gasteiger partial charge in [0.2, 0.25) is 0 Å². The Kier molecular flexibility index (Phi) is 11.6. The van der Waals surface area contributed by atoms with Gasteiger partial charge in [-0.2, -0.15) is 0 Å². The number of nitrogens with two attached hydrogens (primary N) is 1. The minimum atomic E-state index is -1.26. The number of benzene rings is 1. The summed E-state index contributed by atoms with van der Waals surface area (Å²) in [7, 11) is 2.15. The van der Waals surface area contributed by atoms with Crippen LogP contribution in [0.25, 0.3) is 0 Å². The summed E-state index contributed by atoms with van der Waals surface area (Å²) < 4.78 is 0. The Labute approximate surface area is 245 Å². The van der Waals surface area contributed by atoms with Gasteiger partial charge in [-0.3, -0.25) is 4.79 Å². The lowest BCUT2D eigenvalue weighted by Crippen LogP contribution is -2.44. The molecule has 1 aliphatic carbocycles. The number of carboxylic acid groups (broad SMARTS) is 2. The number of carboxylic acids is 2. The first-order chi connectivity index (χ1) is 19.9. The highest BCUT2D eigenvalue weighted by Gasteiger charge is 2.24. The van der Waals surface area contributed by atoms with Gasteiger partial charge in [-0.25, -0.2) is 19.6 Å². The zero-order chi connectivity index (χ0) is 30.8. The number of likely N-dealkylation sites (N-methyl/N-ethyl adjacent to an activating group) is 1. The molecule has 7 N–H and O–H groups in total. The average Bonchev–Trinajstić information content (AvgIpc) is 2.94. The number of aliphatic carboxylic acids is 2. The molecule has 42 heavy (non-hydrogen) atoms. The highest BCUT2D eigenvalue weighted by molar-refractivity contribution is 5.96. The predicted octanol–water partition coefficient (Wildman–Crippen LogP) is 2.62. The highest BCUT2D eigenvalue weighted by atomic mass is 16.4. The van der Waals surface area contributed by atoms with Crippen molar-refractivity contribution < 1.29 is 29.7 Å². The van der Waals surface area contributed by atoms with Gasteiger partial charge in [-0.15, -0.1) is 0 Å². The van der Waals surface area contributed by atoms with Crippen LogP contribution in [-0.2, 0) is 9.59 Å². The van der Waals surface area contributed by atoms with E-state index in [9.17, 15) is 19.5 Å². The zero-order valence-electron chi connectivity index (χ0n) is 24.3. The first kappa shape index (κ1) is 32.3. The van der Waals surface area contributed by atoms with Crippen molar-refractivity contribution in [3.8, 4) is 0 Å². The molecule has 2 aromatic rings. The zero-order valence-corrected chi connectivity index (χ0v) is 24.3. The number of hydrogen-bond donors (Lipinski definition) is 6. The number of nitrogens with one attached hydrogen (secondary N) is 2. The van der Waals surface area contributed by atoms with Crippen LogP contribution in [0.4, 0.5) is 23.0 Å². The van der Waals surface area contributed by atoms with Crippen molar-refractivity contribution in [1.82, 2.24) is 14.9 Å². The molecule has 2 fully saturated rings. The van der Waals surface area contributed by atoms with Gasteiger partial charge < -0.3 is 41.5 Å². The molecule has 1 saturated heterocycles. The number of aliphatic hydroxyl groups is 1. The number of amides is 1. The number of aliphatic hydroxyl groups excluding tert-OH is 1. The maximum Gasteiger partial charge on any atom is 0.328 e. The van der Waals surface area contributed by atoms with Crippen molar-refractivity contribution in [2.75, 3.05) is 48.8 Å². The van der Waals surface area contributed by atoms with Crippen LogP contribution < -0.4 is 21.3 Å². The Hall–Kier alpha value is -4.23. The van der Waals surface area contributed by atoms with Gasteiger partial charge in [-0.1, -0.05) is 13.8 Å². The summed E-state index contributed by atoms with van der Waals surface area (Å²) in [4.78, 5) is 45.4. The van der Waals surface area contributed by atoms with E-state index in [0.717, 1.165) is 63.2 Å². The lowest BCUT2D eigenvalue weighted by molar-refractivity contribution is -0.134. The van der Waals surface area contributed by atoms with E-state index in [-0.39, 0.29) is 23.8 Å². The van der Waals surface area contributed by atoms with Gasteiger partial charge >= 0.3 is 11.9 Å². The van der Waals surface area contributed by atoms with Gasteiger partial charge in [0.15, 0.2) is 17.3 Å². The number of aromatic nitrogens is 2. The van der Waals surface area contributed by atoms with Crippen molar-refractivity contribution in [2.24, 2.45) is 5.73 Å². The molecular weight excluding hydrogens is 542 g/mol. The second kappa shape index (κ2) is 15.1. The summed E-state index contributed by atoms with van der Waals surface area (Å²) >= 11 is 0.